The zero-order valence-corrected chi connectivity index (χ0v) is 23.2. The van der Waals surface area contributed by atoms with E-state index in [2.05, 4.69) is 0 Å². The second kappa shape index (κ2) is 14.2. The molecule has 0 aromatic rings. The molecule has 2 heterocycles. The summed E-state index contributed by atoms with van der Waals surface area (Å²) in [5, 5.41) is 59.9. The molecule has 2 aliphatic heterocycles. The van der Waals surface area contributed by atoms with Gasteiger partial charge in [-0.15, -0.1) is 0 Å². The number of rotatable bonds is 10. The van der Waals surface area contributed by atoms with E-state index in [1.807, 2.05) is 13.8 Å². The molecule has 0 aromatic heterocycles. The van der Waals surface area contributed by atoms with Crippen molar-refractivity contribution < 1.29 is 63.9 Å². The number of hydrogen-bond donors (Lipinski definition) is 6. The summed E-state index contributed by atoms with van der Waals surface area (Å²) in [6.45, 7) is 4.72. The summed E-state index contributed by atoms with van der Waals surface area (Å²) in [6.07, 6.45) is -6.64. The highest BCUT2D eigenvalue weighted by Crippen LogP contribution is 2.42. The number of hydrogen-bond acceptors (Lipinski definition) is 13. The molecule has 0 unspecified atom stereocenters. The Labute approximate surface area is 232 Å². The van der Waals surface area contributed by atoms with Crippen LogP contribution in [0.1, 0.15) is 33.6 Å². The second-order valence-electron chi connectivity index (χ2n) is 10.7. The topological polar surface area (TPSA) is 202 Å². The van der Waals surface area contributed by atoms with Gasteiger partial charge in [0, 0.05) is 24.0 Å². The van der Waals surface area contributed by atoms with E-state index in [0.29, 0.717) is 12.0 Å². The maximum atomic E-state index is 13.1. The molecule has 228 valence electrons. The number of methoxy groups -OCH3 is 1. The number of aliphatic hydroxyl groups excluding tert-OH is 6. The van der Waals surface area contributed by atoms with Gasteiger partial charge in [0.1, 0.15) is 24.4 Å². The van der Waals surface area contributed by atoms with E-state index in [4.69, 9.17) is 23.7 Å². The number of carbonyl (C=O) groups is 2. The van der Waals surface area contributed by atoms with Gasteiger partial charge in [0.25, 0.3) is 0 Å². The molecule has 2 fully saturated rings. The van der Waals surface area contributed by atoms with Gasteiger partial charge in [-0.1, -0.05) is 19.9 Å². The van der Waals surface area contributed by atoms with E-state index < -0.39 is 67.6 Å². The van der Waals surface area contributed by atoms with Crippen LogP contribution in [0.5, 0.6) is 0 Å². The fourth-order valence-corrected chi connectivity index (χ4v) is 5.75. The molecule has 12 atom stereocenters. The lowest BCUT2D eigenvalue weighted by molar-refractivity contribution is -0.327. The SMILES string of the molecule is C/C=C1\[C@H](O[C@@H]2O[C@H](CO)[C@@H](O)[C@H](O)[C@H]2O)OC=C(C(=O)OC)[C@H]1CC(=O)OC[C@@H]1[C@@H](C)[C@@H](O)C[C@H]1[C@@H](C)CO. The van der Waals surface area contributed by atoms with Crippen LogP contribution >= 0.6 is 0 Å². The van der Waals surface area contributed by atoms with Crippen molar-refractivity contribution >= 4 is 11.9 Å². The van der Waals surface area contributed by atoms with Crippen LogP contribution in [0, 0.1) is 29.6 Å². The van der Waals surface area contributed by atoms with Crippen LogP contribution in [-0.4, -0.2) is 113 Å². The van der Waals surface area contributed by atoms with Crippen LogP contribution < -0.4 is 0 Å². The van der Waals surface area contributed by atoms with Gasteiger partial charge in [0.15, 0.2) is 6.29 Å². The zero-order valence-electron chi connectivity index (χ0n) is 23.2. The first kappa shape index (κ1) is 32.4. The Hall–Kier alpha value is -2.10. The molecule has 0 bridgehead atoms. The summed E-state index contributed by atoms with van der Waals surface area (Å²) >= 11 is 0. The largest absolute Gasteiger partial charge is 0.468 e. The molecule has 0 amide bonds. The summed E-state index contributed by atoms with van der Waals surface area (Å²) < 4.78 is 27.2. The number of carbonyl (C=O) groups excluding carboxylic acids is 2. The van der Waals surface area contributed by atoms with Crippen molar-refractivity contribution in [2.45, 2.75) is 76.7 Å². The first-order valence-corrected chi connectivity index (χ1v) is 13.5. The van der Waals surface area contributed by atoms with Crippen LogP contribution in [0.25, 0.3) is 0 Å². The Bertz CT molecular complexity index is 933. The third kappa shape index (κ3) is 6.85. The molecule has 0 aromatic carbocycles. The zero-order chi connectivity index (χ0) is 29.7. The van der Waals surface area contributed by atoms with Gasteiger partial charge < -0.3 is 54.3 Å². The van der Waals surface area contributed by atoms with Gasteiger partial charge in [0.2, 0.25) is 6.29 Å². The quantitative estimate of drug-likeness (QED) is 0.137. The van der Waals surface area contributed by atoms with Crippen LogP contribution in [0.15, 0.2) is 23.5 Å². The summed E-state index contributed by atoms with van der Waals surface area (Å²) in [5.41, 5.74) is 0.339. The Kier molecular flexibility index (Phi) is 11.5. The van der Waals surface area contributed by atoms with Gasteiger partial charge in [-0.3, -0.25) is 4.79 Å². The molecular formula is C27H42O13. The van der Waals surface area contributed by atoms with E-state index >= 15 is 0 Å². The fourth-order valence-electron chi connectivity index (χ4n) is 5.75. The summed E-state index contributed by atoms with van der Waals surface area (Å²) in [4.78, 5) is 25.6. The van der Waals surface area contributed by atoms with Gasteiger partial charge in [-0.05, 0) is 31.1 Å². The van der Waals surface area contributed by atoms with Crippen LogP contribution in [0.2, 0.25) is 0 Å². The minimum atomic E-state index is -1.69. The van der Waals surface area contributed by atoms with Crippen molar-refractivity contribution in [1.82, 2.24) is 0 Å². The van der Waals surface area contributed by atoms with E-state index in [9.17, 15) is 40.2 Å². The number of aliphatic hydroxyl groups is 6. The first-order valence-electron chi connectivity index (χ1n) is 13.5. The molecule has 0 spiro atoms. The highest BCUT2D eigenvalue weighted by Gasteiger charge is 2.47. The lowest BCUT2D eigenvalue weighted by atomic mass is 9.83. The molecule has 13 heteroatoms. The molecule has 0 radical (unpaired) electrons. The molecule has 40 heavy (non-hydrogen) atoms. The summed E-state index contributed by atoms with van der Waals surface area (Å²) in [6, 6.07) is 0. The summed E-state index contributed by atoms with van der Waals surface area (Å²) in [7, 11) is 1.18. The predicted molar refractivity (Wildman–Crippen MR) is 136 cm³/mol. The number of ether oxygens (including phenoxy) is 5. The van der Waals surface area contributed by atoms with Crippen molar-refractivity contribution in [3.63, 3.8) is 0 Å². The van der Waals surface area contributed by atoms with Crippen molar-refractivity contribution in [2.75, 3.05) is 26.9 Å². The highest BCUT2D eigenvalue weighted by atomic mass is 16.8. The highest BCUT2D eigenvalue weighted by molar-refractivity contribution is 5.90. The predicted octanol–water partition coefficient (Wildman–Crippen LogP) is -1.03. The Morgan fingerprint density at radius 2 is 1.85 bits per heavy atom. The van der Waals surface area contributed by atoms with Crippen LogP contribution in [-0.2, 0) is 33.3 Å². The molecule has 1 saturated carbocycles. The number of allylic oxidation sites excluding steroid dienone is 1. The first-order chi connectivity index (χ1) is 19.0. The minimum Gasteiger partial charge on any atom is -0.468 e. The Morgan fingerprint density at radius 1 is 1.15 bits per heavy atom. The summed E-state index contributed by atoms with van der Waals surface area (Å²) in [5.74, 6) is -2.67. The molecule has 6 N–H and O–H groups in total. The molecule has 13 nitrogen and oxygen atoms in total. The molecule has 3 aliphatic rings. The fraction of sp³-hybridized carbons (Fsp3) is 0.778. The van der Waals surface area contributed by atoms with Crippen LogP contribution in [0.3, 0.4) is 0 Å². The minimum absolute atomic E-state index is 0.0256. The van der Waals surface area contributed by atoms with E-state index in [1.54, 1.807) is 13.0 Å². The van der Waals surface area contributed by atoms with Crippen LogP contribution in [0.4, 0.5) is 0 Å². The Morgan fingerprint density at radius 3 is 2.45 bits per heavy atom. The van der Waals surface area contributed by atoms with Gasteiger partial charge >= 0.3 is 11.9 Å². The molecule has 1 saturated heterocycles. The lowest BCUT2D eigenvalue weighted by Gasteiger charge is -2.41. The average molecular weight is 575 g/mol. The monoisotopic (exact) mass is 574 g/mol. The van der Waals surface area contributed by atoms with E-state index in [0.717, 1.165) is 6.26 Å². The van der Waals surface area contributed by atoms with Gasteiger partial charge in [0.05, 0.1) is 44.7 Å². The lowest BCUT2D eigenvalue weighted by Crippen LogP contribution is -2.60. The smallest absolute Gasteiger partial charge is 0.337 e. The maximum absolute atomic E-state index is 13.1. The normalized spacial score (nSPS) is 39.8. The van der Waals surface area contributed by atoms with E-state index in [-0.39, 0.29) is 48.9 Å². The number of esters is 2. The average Bonchev–Trinajstić information content (AvgIpc) is 3.24. The molecule has 3 rings (SSSR count). The third-order valence-corrected chi connectivity index (χ3v) is 8.40. The van der Waals surface area contributed by atoms with Crippen molar-refractivity contribution in [3.05, 3.63) is 23.5 Å². The van der Waals surface area contributed by atoms with Gasteiger partial charge in [-0.25, -0.2) is 4.79 Å². The standard InChI is InChI=1S/C27H42O13/c1-5-14-16(7-21(31)37-10-17-13(3)19(30)6-15(17)12(2)8-28)18(25(35)36-4)11-38-26(14)40-27-24(34)23(33)22(32)20(9-29)39-27/h5,11-13,15-17,19-20,22-24,26-30,32-34H,6-10H2,1-4H3/b14-5-/t12-,13+,15-,16-,17+,19-,20+,22+,23-,24+,26-,27-/m0/s1. The van der Waals surface area contributed by atoms with Gasteiger partial charge in [-0.2, -0.15) is 0 Å². The molecular weight excluding hydrogens is 532 g/mol. The molecule has 1 aliphatic carbocycles. The van der Waals surface area contributed by atoms with E-state index in [1.165, 1.54) is 7.11 Å². The third-order valence-electron chi connectivity index (χ3n) is 8.40. The van der Waals surface area contributed by atoms with Crippen molar-refractivity contribution in [3.8, 4) is 0 Å². The second-order valence-corrected chi connectivity index (χ2v) is 10.7. The van der Waals surface area contributed by atoms with Crippen molar-refractivity contribution in [1.29, 1.82) is 0 Å². The van der Waals surface area contributed by atoms with Crippen molar-refractivity contribution in [2.24, 2.45) is 29.6 Å². The maximum Gasteiger partial charge on any atom is 0.337 e. The Balaban J connectivity index is 1.75.